The van der Waals surface area contributed by atoms with Crippen molar-refractivity contribution in [3.63, 3.8) is 0 Å². The maximum atomic E-state index is 13.6. The van der Waals surface area contributed by atoms with Gasteiger partial charge in [-0.1, -0.05) is 43.3 Å². The number of hydrogen-bond acceptors (Lipinski definition) is 6. The number of nitrogens with one attached hydrogen (secondary N) is 1. The fourth-order valence-corrected chi connectivity index (χ4v) is 5.02. The third-order valence-electron chi connectivity index (χ3n) is 7.33. The molecule has 1 fully saturated rings. The Labute approximate surface area is 219 Å². The van der Waals surface area contributed by atoms with Crippen LogP contribution in [0.15, 0.2) is 48.5 Å². The lowest BCUT2D eigenvalue weighted by Crippen LogP contribution is -2.49. The van der Waals surface area contributed by atoms with Gasteiger partial charge in [0.05, 0.1) is 23.9 Å². The van der Waals surface area contributed by atoms with Crippen molar-refractivity contribution in [2.45, 2.75) is 45.4 Å². The number of fused-ring (bicyclic) bond motifs is 1. The van der Waals surface area contributed by atoms with Gasteiger partial charge in [0.25, 0.3) is 5.91 Å². The molecule has 4 rings (SSSR count). The number of amides is 2. The summed E-state index contributed by atoms with van der Waals surface area (Å²) in [6.07, 6.45) is 1.11. The Morgan fingerprint density at radius 1 is 1.16 bits per heavy atom. The van der Waals surface area contributed by atoms with E-state index in [0.717, 1.165) is 6.54 Å². The van der Waals surface area contributed by atoms with Gasteiger partial charge in [-0.2, -0.15) is 0 Å². The Kier molecular flexibility index (Phi) is 9.18. The first-order valence-corrected chi connectivity index (χ1v) is 13.2. The molecule has 2 N–H and O–H groups in total. The second-order valence-corrected chi connectivity index (χ2v) is 10.4. The topological polar surface area (TPSA) is 91.3 Å². The molecule has 0 aromatic heterocycles. The van der Waals surface area contributed by atoms with Crippen molar-refractivity contribution in [1.29, 1.82) is 0 Å². The molecule has 0 bridgehead atoms. The highest BCUT2D eigenvalue weighted by Crippen LogP contribution is 2.35. The highest BCUT2D eigenvalue weighted by molar-refractivity contribution is 6.02. The number of nitrogens with zero attached hydrogens (tertiary/aromatic N) is 2. The zero-order valence-corrected chi connectivity index (χ0v) is 22.1. The molecule has 37 heavy (non-hydrogen) atoms. The summed E-state index contributed by atoms with van der Waals surface area (Å²) < 4.78 is 12.0. The first-order chi connectivity index (χ1) is 17.9. The molecule has 2 aliphatic rings. The van der Waals surface area contributed by atoms with Crippen molar-refractivity contribution < 1.29 is 24.2 Å². The van der Waals surface area contributed by atoms with Crippen LogP contribution in [0.25, 0.3) is 0 Å². The fraction of sp³-hybridized carbons (Fsp3) is 0.517. The summed E-state index contributed by atoms with van der Waals surface area (Å²) in [5, 5.41) is 12.9. The smallest absolute Gasteiger partial charge is 0.258 e. The van der Waals surface area contributed by atoms with Crippen LogP contribution in [0.2, 0.25) is 0 Å². The zero-order chi connectivity index (χ0) is 26.4. The fourth-order valence-electron chi connectivity index (χ4n) is 5.02. The van der Waals surface area contributed by atoms with Gasteiger partial charge in [-0.3, -0.25) is 14.5 Å². The van der Waals surface area contributed by atoms with Gasteiger partial charge in [0.1, 0.15) is 6.10 Å². The molecule has 2 aromatic carbocycles. The molecule has 200 valence electrons. The minimum absolute atomic E-state index is 0.0106. The lowest BCUT2D eigenvalue weighted by Gasteiger charge is -2.38. The summed E-state index contributed by atoms with van der Waals surface area (Å²) in [4.78, 5) is 30.6. The maximum absolute atomic E-state index is 13.6. The summed E-state index contributed by atoms with van der Waals surface area (Å²) in [5.74, 6) is -0.0365. The van der Waals surface area contributed by atoms with Gasteiger partial charge in [0.15, 0.2) is 5.75 Å². The third-order valence-corrected chi connectivity index (χ3v) is 7.33. The summed E-state index contributed by atoms with van der Waals surface area (Å²) in [7, 11) is 2.06. The largest absolute Gasteiger partial charge is 0.486 e. The van der Waals surface area contributed by atoms with E-state index < -0.39 is 0 Å². The molecule has 2 heterocycles. The summed E-state index contributed by atoms with van der Waals surface area (Å²) >= 11 is 0. The minimum Gasteiger partial charge on any atom is -0.486 e. The standard InChI is InChI=1S/C29H39N3O5/c1-20-16-32(21(2)19-33)29(35)24-10-7-11-25(30-28(34)23-12-14-36-15-13-23)27(24)37-26(20)18-31(3)17-22-8-5-4-6-9-22/h4-11,20-21,23,26,33H,12-19H2,1-3H3,(H,30,34)/t20-,21+,26-/m1/s1. The quantitative estimate of drug-likeness (QED) is 0.567. The lowest BCUT2D eigenvalue weighted by atomic mass is 9.98. The first-order valence-electron chi connectivity index (χ1n) is 13.2. The van der Waals surface area contributed by atoms with Gasteiger partial charge in [0.2, 0.25) is 5.91 Å². The SMILES string of the molecule is C[C@@H]1CN([C@@H](C)CO)C(=O)c2cccc(NC(=O)C3CCOCC3)c2O[C@@H]1CN(C)Cc1ccccc1. The Morgan fingerprint density at radius 2 is 1.89 bits per heavy atom. The molecule has 0 unspecified atom stereocenters. The van der Waals surface area contributed by atoms with E-state index in [1.54, 1.807) is 23.1 Å². The predicted octanol–water partition coefficient (Wildman–Crippen LogP) is 3.40. The Hall–Kier alpha value is -2.94. The van der Waals surface area contributed by atoms with Crippen LogP contribution in [0.3, 0.4) is 0 Å². The van der Waals surface area contributed by atoms with Crippen LogP contribution in [0.4, 0.5) is 5.69 Å². The Morgan fingerprint density at radius 3 is 2.59 bits per heavy atom. The number of likely N-dealkylation sites (N-methyl/N-ethyl adjacent to an activating group) is 1. The van der Waals surface area contributed by atoms with Gasteiger partial charge < -0.3 is 24.8 Å². The van der Waals surface area contributed by atoms with Crippen molar-refractivity contribution in [3.05, 3.63) is 59.7 Å². The van der Waals surface area contributed by atoms with Crippen LogP contribution in [0.1, 0.15) is 42.6 Å². The molecule has 0 aliphatic carbocycles. The van der Waals surface area contributed by atoms with E-state index in [0.29, 0.717) is 56.1 Å². The van der Waals surface area contributed by atoms with E-state index in [4.69, 9.17) is 9.47 Å². The number of para-hydroxylation sites is 1. The van der Waals surface area contributed by atoms with Gasteiger partial charge in [-0.25, -0.2) is 0 Å². The van der Waals surface area contributed by atoms with E-state index in [9.17, 15) is 14.7 Å². The molecule has 0 radical (unpaired) electrons. The summed E-state index contributed by atoms with van der Waals surface area (Å²) in [6, 6.07) is 15.2. The van der Waals surface area contributed by atoms with E-state index in [-0.39, 0.29) is 42.4 Å². The number of rotatable bonds is 8. The highest BCUT2D eigenvalue weighted by atomic mass is 16.5. The monoisotopic (exact) mass is 509 g/mol. The Bertz CT molecular complexity index is 1060. The minimum atomic E-state index is -0.343. The number of hydrogen-bond donors (Lipinski definition) is 2. The van der Waals surface area contributed by atoms with Crippen LogP contribution in [0.5, 0.6) is 5.75 Å². The number of ether oxygens (including phenoxy) is 2. The molecule has 2 aromatic rings. The molecule has 8 nitrogen and oxygen atoms in total. The molecule has 0 spiro atoms. The van der Waals surface area contributed by atoms with Crippen LogP contribution >= 0.6 is 0 Å². The van der Waals surface area contributed by atoms with E-state index >= 15 is 0 Å². The number of carbonyl (C=O) groups is 2. The first kappa shape index (κ1) is 27.1. The van der Waals surface area contributed by atoms with Crippen LogP contribution in [0, 0.1) is 11.8 Å². The van der Waals surface area contributed by atoms with Crippen LogP contribution in [-0.2, 0) is 16.1 Å². The van der Waals surface area contributed by atoms with Crippen molar-refractivity contribution in [1.82, 2.24) is 9.80 Å². The highest BCUT2D eigenvalue weighted by Gasteiger charge is 2.35. The van der Waals surface area contributed by atoms with Gasteiger partial charge >= 0.3 is 0 Å². The van der Waals surface area contributed by atoms with Crippen molar-refractivity contribution in [2.75, 3.05) is 45.3 Å². The zero-order valence-electron chi connectivity index (χ0n) is 22.1. The molecule has 0 saturated carbocycles. The van der Waals surface area contributed by atoms with Gasteiger partial charge in [-0.05, 0) is 44.5 Å². The number of aliphatic hydroxyl groups is 1. The molecular weight excluding hydrogens is 470 g/mol. The summed E-state index contributed by atoms with van der Waals surface area (Å²) in [6.45, 7) is 6.78. The van der Waals surface area contributed by atoms with Crippen molar-refractivity contribution in [3.8, 4) is 5.75 Å². The molecule has 3 atom stereocenters. The maximum Gasteiger partial charge on any atom is 0.258 e. The average Bonchev–Trinajstić information content (AvgIpc) is 2.91. The molecule has 2 aliphatic heterocycles. The van der Waals surface area contributed by atoms with Gasteiger partial charge in [0, 0.05) is 44.7 Å². The van der Waals surface area contributed by atoms with Crippen LogP contribution < -0.4 is 10.1 Å². The Balaban J connectivity index is 1.63. The normalized spacial score (nSPS) is 21.5. The predicted molar refractivity (Wildman–Crippen MR) is 143 cm³/mol. The number of benzene rings is 2. The van der Waals surface area contributed by atoms with E-state index in [1.165, 1.54) is 5.56 Å². The third kappa shape index (κ3) is 6.69. The summed E-state index contributed by atoms with van der Waals surface area (Å²) in [5.41, 5.74) is 2.11. The van der Waals surface area contributed by atoms with Gasteiger partial charge in [-0.15, -0.1) is 0 Å². The average molecular weight is 510 g/mol. The second-order valence-electron chi connectivity index (χ2n) is 10.4. The molecule has 1 saturated heterocycles. The second kappa shape index (κ2) is 12.5. The van der Waals surface area contributed by atoms with Crippen molar-refractivity contribution >= 4 is 17.5 Å². The van der Waals surface area contributed by atoms with Crippen LogP contribution in [-0.4, -0.2) is 78.8 Å². The van der Waals surface area contributed by atoms with E-state index in [1.807, 2.05) is 25.1 Å². The number of anilines is 1. The van der Waals surface area contributed by atoms with E-state index in [2.05, 4.69) is 36.3 Å². The molecular formula is C29H39N3O5. The number of carbonyl (C=O) groups excluding carboxylic acids is 2. The molecule has 8 heteroatoms. The molecule has 2 amide bonds. The van der Waals surface area contributed by atoms with Crippen molar-refractivity contribution in [2.24, 2.45) is 11.8 Å². The lowest BCUT2D eigenvalue weighted by molar-refractivity contribution is -0.122. The number of aliphatic hydroxyl groups excluding tert-OH is 1.